The zero-order chi connectivity index (χ0) is 19.4. The molecule has 0 saturated heterocycles. The van der Waals surface area contributed by atoms with Crippen LogP contribution < -0.4 is 14.8 Å². The highest BCUT2D eigenvalue weighted by Gasteiger charge is 2.16. The van der Waals surface area contributed by atoms with Crippen LogP contribution in [0, 0.1) is 0 Å². The number of carbonyl (C=O) groups excluding carboxylic acids is 1. The number of hydrogen-bond donors (Lipinski definition) is 2. The van der Waals surface area contributed by atoms with Gasteiger partial charge in [-0.1, -0.05) is 36.4 Å². The Kier molecular flexibility index (Phi) is 5.98. The molecule has 0 radical (unpaired) electrons. The Morgan fingerprint density at radius 1 is 1.04 bits per heavy atom. The van der Waals surface area contributed by atoms with Gasteiger partial charge < -0.3 is 19.9 Å². The summed E-state index contributed by atoms with van der Waals surface area (Å²) in [5.41, 5.74) is 1.14. The highest BCUT2D eigenvalue weighted by atomic mass is 79.9. The number of halogens is 1. The van der Waals surface area contributed by atoms with E-state index in [0.29, 0.717) is 21.5 Å². The number of ether oxygens (including phenoxy) is 2. The molecule has 3 aromatic rings. The van der Waals surface area contributed by atoms with E-state index in [9.17, 15) is 9.90 Å². The second-order valence-electron chi connectivity index (χ2n) is 6.03. The third kappa shape index (κ3) is 4.23. The number of methoxy groups -OCH3 is 2. The summed E-state index contributed by atoms with van der Waals surface area (Å²) in [6.07, 6.45) is -0.808. The predicted octanol–water partition coefficient (Wildman–Crippen LogP) is 4.08. The van der Waals surface area contributed by atoms with Crippen LogP contribution in [0.1, 0.15) is 22.0 Å². The fourth-order valence-corrected chi connectivity index (χ4v) is 3.38. The van der Waals surface area contributed by atoms with Crippen LogP contribution >= 0.6 is 15.9 Å². The molecule has 2 N–H and O–H groups in total. The number of fused-ring (bicyclic) bond motifs is 1. The molecule has 0 bridgehead atoms. The lowest BCUT2D eigenvalue weighted by molar-refractivity contribution is 0.0915. The highest BCUT2D eigenvalue weighted by molar-refractivity contribution is 9.10. The Bertz CT molecular complexity index is 948. The van der Waals surface area contributed by atoms with Crippen molar-refractivity contribution in [2.75, 3.05) is 20.8 Å². The van der Waals surface area contributed by atoms with Crippen LogP contribution in [0.4, 0.5) is 0 Å². The lowest BCUT2D eigenvalue weighted by atomic mass is 10.0. The topological polar surface area (TPSA) is 67.8 Å². The van der Waals surface area contributed by atoms with Crippen molar-refractivity contribution >= 4 is 32.6 Å². The largest absolute Gasteiger partial charge is 0.495 e. The van der Waals surface area contributed by atoms with Gasteiger partial charge in [-0.2, -0.15) is 0 Å². The average molecular weight is 430 g/mol. The molecule has 27 heavy (non-hydrogen) atoms. The van der Waals surface area contributed by atoms with Gasteiger partial charge in [0.05, 0.1) is 20.3 Å². The van der Waals surface area contributed by atoms with Crippen LogP contribution in [-0.4, -0.2) is 31.8 Å². The van der Waals surface area contributed by atoms with Crippen LogP contribution in [0.2, 0.25) is 0 Å². The van der Waals surface area contributed by atoms with E-state index in [2.05, 4.69) is 21.2 Å². The van der Waals surface area contributed by atoms with Crippen molar-refractivity contribution in [1.82, 2.24) is 5.32 Å². The van der Waals surface area contributed by atoms with Gasteiger partial charge in [0.2, 0.25) is 0 Å². The quantitative estimate of drug-likeness (QED) is 0.619. The summed E-state index contributed by atoms with van der Waals surface area (Å²) in [6, 6.07) is 16.9. The van der Waals surface area contributed by atoms with E-state index in [1.807, 2.05) is 42.5 Å². The second-order valence-corrected chi connectivity index (χ2v) is 6.82. The molecule has 6 heteroatoms. The average Bonchev–Trinajstić information content (AvgIpc) is 2.71. The van der Waals surface area contributed by atoms with Crippen molar-refractivity contribution in [3.05, 3.63) is 70.2 Å². The number of hydrogen-bond acceptors (Lipinski definition) is 4. The Morgan fingerprint density at radius 3 is 2.30 bits per heavy atom. The minimum atomic E-state index is -0.808. The van der Waals surface area contributed by atoms with E-state index in [4.69, 9.17) is 9.47 Å². The number of amides is 1. The molecule has 1 atom stereocenters. The number of aliphatic hydroxyl groups is 1. The summed E-state index contributed by atoms with van der Waals surface area (Å²) < 4.78 is 11.2. The van der Waals surface area contributed by atoms with Crippen LogP contribution in [0.15, 0.2) is 59.1 Å². The van der Waals surface area contributed by atoms with Crippen LogP contribution in [0.25, 0.3) is 10.8 Å². The van der Waals surface area contributed by atoms with Crippen molar-refractivity contribution in [2.24, 2.45) is 0 Å². The molecule has 0 heterocycles. The molecule has 0 saturated carbocycles. The Morgan fingerprint density at radius 2 is 1.67 bits per heavy atom. The number of benzene rings is 3. The van der Waals surface area contributed by atoms with Crippen LogP contribution in [0.3, 0.4) is 0 Å². The molecule has 0 aromatic heterocycles. The molecule has 3 aromatic carbocycles. The van der Waals surface area contributed by atoms with Crippen LogP contribution in [0.5, 0.6) is 11.5 Å². The van der Waals surface area contributed by atoms with E-state index in [-0.39, 0.29) is 12.5 Å². The molecule has 0 aliphatic heterocycles. The van der Waals surface area contributed by atoms with E-state index in [1.54, 1.807) is 12.1 Å². The maximum atomic E-state index is 12.5. The summed E-state index contributed by atoms with van der Waals surface area (Å²) in [7, 11) is 3.04. The van der Waals surface area contributed by atoms with E-state index < -0.39 is 6.10 Å². The maximum Gasteiger partial charge on any atom is 0.251 e. The summed E-state index contributed by atoms with van der Waals surface area (Å²) in [5, 5.41) is 15.3. The zero-order valence-corrected chi connectivity index (χ0v) is 16.6. The van der Waals surface area contributed by atoms with Gasteiger partial charge in [-0.25, -0.2) is 0 Å². The van der Waals surface area contributed by atoms with Crippen molar-refractivity contribution in [1.29, 1.82) is 0 Å². The van der Waals surface area contributed by atoms with Crippen molar-refractivity contribution in [3.8, 4) is 11.5 Å². The molecule has 1 unspecified atom stereocenters. The lowest BCUT2D eigenvalue weighted by Crippen LogP contribution is -2.28. The molecular formula is C21H20BrNO4. The normalized spacial score (nSPS) is 11.9. The first-order valence-electron chi connectivity index (χ1n) is 8.40. The van der Waals surface area contributed by atoms with E-state index in [1.165, 1.54) is 14.2 Å². The van der Waals surface area contributed by atoms with E-state index in [0.717, 1.165) is 16.3 Å². The molecule has 0 fully saturated rings. The van der Waals surface area contributed by atoms with Gasteiger partial charge in [0, 0.05) is 12.1 Å². The standard InChI is InChI=1S/C21H20BrNO4/c1-26-18-10-16(11-19(27-2)20(18)22)21(25)23-12-17(24)15-8-7-13-5-3-4-6-14(13)9-15/h3-11,17,24H,12H2,1-2H3,(H,23,25). The molecule has 140 valence electrons. The van der Waals surface area contributed by atoms with Crippen molar-refractivity contribution in [3.63, 3.8) is 0 Å². The van der Waals surface area contributed by atoms with E-state index >= 15 is 0 Å². The van der Waals surface area contributed by atoms with Gasteiger partial charge in [0.15, 0.2) is 0 Å². The van der Waals surface area contributed by atoms with Crippen molar-refractivity contribution in [2.45, 2.75) is 6.10 Å². The lowest BCUT2D eigenvalue weighted by Gasteiger charge is -2.15. The molecule has 5 nitrogen and oxygen atoms in total. The number of rotatable bonds is 6. The first kappa shape index (κ1) is 19.2. The summed E-state index contributed by atoms with van der Waals surface area (Å²) in [4.78, 5) is 12.5. The third-order valence-corrected chi connectivity index (χ3v) is 5.10. The minimum absolute atomic E-state index is 0.0951. The van der Waals surface area contributed by atoms with Gasteiger partial charge in [-0.3, -0.25) is 4.79 Å². The van der Waals surface area contributed by atoms with Gasteiger partial charge in [-0.15, -0.1) is 0 Å². The van der Waals surface area contributed by atoms with Gasteiger partial charge in [0.1, 0.15) is 16.0 Å². The van der Waals surface area contributed by atoms with Gasteiger partial charge in [-0.05, 0) is 50.5 Å². The highest BCUT2D eigenvalue weighted by Crippen LogP contribution is 2.35. The Balaban J connectivity index is 1.72. The first-order valence-corrected chi connectivity index (χ1v) is 9.19. The number of aliphatic hydroxyl groups excluding tert-OH is 1. The SMILES string of the molecule is COc1cc(C(=O)NCC(O)c2ccc3ccccc3c2)cc(OC)c1Br. The predicted molar refractivity (Wildman–Crippen MR) is 108 cm³/mol. The molecular weight excluding hydrogens is 410 g/mol. The number of nitrogens with one attached hydrogen (secondary N) is 1. The fraction of sp³-hybridized carbons (Fsp3) is 0.190. The number of carbonyl (C=O) groups is 1. The zero-order valence-electron chi connectivity index (χ0n) is 15.0. The van der Waals surface area contributed by atoms with Crippen molar-refractivity contribution < 1.29 is 19.4 Å². The fourth-order valence-electron chi connectivity index (χ4n) is 2.82. The Hall–Kier alpha value is -2.57. The molecule has 0 aliphatic rings. The second kappa shape index (κ2) is 8.41. The molecule has 1 amide bonds. The van der Waals surface area contributed by atoms with Gasteiger partial charge in [0.25, 0.3) is 5.91 Å². The van der Waals surface area contributed by atoms with Gasteiger partial charge >= 0.3 is 0 Å². The summed E-state index contributed by atoms with van der Waals surface area (Å²) in [6.45, 7) is 0.0951. The third-order valence-electron chi connectivity index (χ3n) is 4.32. The summed E-state index contributed by atoms with van der Waals surface area (Å²) >= 11 is 3.38. The smallest absolute Gasteiger partial charge is 0.251 e. The van der Waals surface area contributed by atoms with Crippen LogP contribution in [-0.2, 0) is 0 Å². The maximum absolute atomic E-state index is 12.5. The molecule has 3 rings (SSSR count). The monoisotopic (exact) mass is 429 g/mol. The molecule has 0 aliphatic carbocycles. The summed E-state index contributed by atoms with van der Waals surface area (Å²) in [5.74, 6) is 0.670. The molecule has 0 spiro atoms. The first-order chi connectivity index (χ1) is 13.0. The minimum Gasteiger partial charge on any atom is -0.495 e. The Labute approximate surface area is 166 Å².